The van der Waals surface area contributed by atoms with E-state index in [4.69, 9.17) is 16.3 Å². The molecule has 0 spiro atoms. The van der Waals surface area contributed by atoms with Crippen molar-refractivity contribution in [1.82, 2.24) is 14.7 Å². The molecule has 6 nitrogen and oxygen atoms in total. The monoisotopic (exact) mass is 409 g/mol. The van der Waals surface area contributed by atoms with Crippen LogP contribution in [0.25, 0.3) is 0 Å². The molecule has 0 aliphatic heterocycles. The molecule has 0 aliphatic rings. The number of rotatable bonds is 6. The number of hydrogen-bond donors (Lipinski definition) is 1. The van der Waals surface area contributed by atoms with Crippen LogP contribution in [0.3, 0.4) is 0 Å². The van der Waals surface area contributed by atoms with Crippen LogP contribution in [0.4, 0.5) is 13.2 Å². The van der Waals surface area contributed by atoms with Crippen LogP contribution in [0.15, 0.2) is 35.4 Å². The lowest BCUT2D eigenvalue weighted by Crippen LogP contribution is -2.29. The van der Waals surface area contributed by atoms with Gasteiger partial charge in [0.2, 0.25) is 10.0 Å². The smallest absolute Gasteiger partial charge is 0.401 e. The van der Waals surface area contributed by atoms with Gasteiger partial charge in [0.05, 0.1) is 19.0 Å². The van der Waals surface area contributed by atoms with Gasteiger partial charge in [0.1, 0.15) is 10.8 Å². The van der Waals surface area contributed by atoms with E-state index >= 15 is 0 Å². The minimum Gasteiger partial charge on any atom is -0.467 e. The molecular weight excluding hydrogens is 395 g/mol. The van der Waals surface area contributed by atoms with E-state index in [9.17, 15) is 21.6 Å². The summed E-state index contributed by atoms with van der Waals surface area (Å²) >= 11 is 5.74. The third-order valence-electron chi connectivity index (χ3n) is 3.37. The second-order valence-electron chi connectivity index (χ2n) is 5.13. The van der Waals surface area contributed by atoms with Gasteiger partial charge in [-0.25, -0.2) is 18.1 Å². The molecule has 0 saturated heterocycles. The fourth-order valence-electron chi connectivity index (χ4n) is 2.30. The molecule has 1 heterocycles. The summed E-state index contributed by atoms with van der Waals surface area (Å²) in [6.07, 6.45) is -4.02. The zero-order chi connectivity index (χ0) is 19.5. The molecule has 1 aromatic heterocycles. The molecule has 142 valence electrons. The summed E-state index contributed by atoms with van der Waals surface area (Å²) in [6, 6.07) is 4.52. The molecule has 1 unspecified atom stereocenters. The van der Waals surface area contributed by atoms with Crippen molar-refractivity contribution >= 4 is 21.6 Å². The number of nitrogens with zero attached hydrogens (tertiary/aromatic N) is 2. The standard InChI is InChI=1S/C15H15ClF3N3O3S/c1-3-21-26(23,24)11-8-20-14(25-2)22-13(11)12(15(17,18)19)9-4-6-10(16)7-5-9/h4-8,12,21H,3H2,1-2H3. The molecule has 0 fully saturated rings. The second-order valence-corrected chi connectivity index (χ2v) is 7.31. The van der Waals surface area contributed by atoms with Crippen LogP contribution in [0.1, 0.15) is 24.1 Å². The molecule has 1 N–H and O–H groups in total. The lowest BCUT2D eigenvalue weighted by atomic mass is 9.95. The van der Waals surface area contributed by atoms with Crippen molar-refractivity contribution in [3.63, 3.8) is 0 Å². The summed E-state index contributed by atoms with van der Waals surface area (Å²) in [5, 5.41) is 0.246. The van der Waals surface area contributed by atoms with Crippen LogP contribution in [0.5, 0.6) is 6.01 Å². The largest absolute Gasteiger partial charge is 0.467 e. The Morgan fingerprint density at radius 2 is 1.88 bits per heavy atom. The third-order valence-corrected chi connectivity index (χ3v) is 5.19. The number of benzene rings is 1. The highest BCUT2D eigenvalue weighted by Gasteiger charge is 2.45. The molecule has 2 rings (SSSR count). The van der Waals surface area contributed by atoms with E-state index in [2.05, 4.69) is 14.7 Å². The Balaban J connectivity index is 2.76. The highest BCUT2D eigenvalue weighted by atomic mass is 35.5. The minimum atomic E-state index is -4.82. The van der Waals surface area contributed by atoms with Gasteiger partial charge in [-0.05, 0) is 17.7 Å². The van der Waals surface area contributed by atoms with Gasteiger partial charge in [0, 0.05) is 11.6 Å². The summed E-state index contributed by atoms with van der Waals surface area (Å²) in [4.78, 5) is 6.67. The number of sulfonamides is 1. The lowest BCUT2D eigenvalue weighted by molar-refractivity contribution is -0.142. The molecule has 0 bridgehead atoms. The van der Waals surface area contributed by atoms with E-state index in [0.717, 1.165) is 6.20 Å². The molecule has 0 aliphatic carbocycles. The predicted molar refractivity (Wildman–Crippen MR) is 88.8 cm³/mol. The van der Waals surface area contributed by atoms with Gasteiger partial charge in [0.25, 0.3) is 0 Å². The number of methoxy groups -OCH3 is 1. The number of ether oxygens (including phenoxy) is 1. The number of hydrogen-bond acceptors (Lipinski definition) is 5. The number of aromatic nitrogens is 2. The average Bonchev–Trinajstić information content (AvgIpc) is 2.55. The molecular formula is C15H15ClF3N3O3S. The first-order chi connectivity index (χ1) is 12.1. The fraction of sp³-hybridized carbons (Fsp3) is 0.333. The first-order valence-electron chi connectivity index (χ1n) is 7.33. The van der Waals surface area contributed by atoms with E-state index in [1.165, 1.54) is 38.3 Å². The highest BCUT2D eigenvalue weighted by molar-refractivity contribution is 7.89. The predicted octanol–water partition coefficient (Wildman–Crippen LogP) is 3.13. The SMILES string of the molecule is CCNS(=O)(=O)c1cnc(OC)nc1C(c1ccc(Cl)cc1)C(F)(F)F. The van der Waals surface area contributed by atoms with Crippen molar-refractivity contribution < 1.29 is 26.3 Å². The minimum absolute atomic E-state index is 0.00850. The molecule has 0 saturated carbocycles. The Bertz CT molecular complexity index is 874. The molecule has 2 aromatic rings. The van der Waals surface area contributed by atoms with E-state index in [-0.39, 0.29) is 23.1 Å². The van der Waals surface area contributed by atoms with E-state index in [1.54, 1.807) is 0 Å². The average molecular weight is 410 g/mol. The maximum atomic E-state index is 13.8. The summed E-state index contributed by atoms with van der Waals surface area (Å²) in [5.41, 5.74) is -0.941. The molecule has 0 amide bonds. The zero-order valence-corrected chi connectivity index (χ0v) is 15.3. The summed E-state index contributed by atoms with van der Waals surface area (Å²) in [5.74, 6) is -2.31. The van der Waals surface area contributed by atoms with Crippen LogP contribution < -0.4 is 9.46 Å². The Hall–Kier alpha value is -1.91. The topological polar surface area (TPSA) is 81.2 Å². The summed E-state index contributed by atoms with van der Waals surface area (Å²) in [7, 11) is -3.07. The Labute approximate surface area is 153 Å². The maximum absolute atomic E-state index is 13.8. The van der Waals surface area contributed by atoms with Crippen LogP contribution >= 0.6 is 11.6 Å². The third kappa shape index (κ3) is 4.43. The quantitative estimate of drug-likeness (QED) is 0.792. The van der Waals surface area contributed by atoms with Gasteiger partial charge in [-0.15, -0.1) is 0 Å². The maximum Gasteiger partial charge on any atom is 0.401 e. The highest BCUT2D eigenvalue weighted by Crippen LogP contribution is 2.42. The Kier molecular flexibility index (Phi) is 6.09. The summed E-state index contributed by atoms with van der Waals surface area (Å²) < 4.78 is 73.1. The summed E-state index contributed by atoms with van der Waals surface area (Å²) in [6.45, 7) is 1.49. The van der Waals surface area contributed by atoms with Crippen LogP contribution in [0, 0.1) is 0 Å². The van der Waals surface area contributed by atoms with Crippen molar-refractivity contribution in [2.45, 2.75) is 23.9 Å². The van der Waals surface area contributed by atoms with Crippen LogP contribution in [0.2, 0.25) is 5.02 Å². The van der Waals surface area contributed by atoms with Gasteiger partial charge in [-0.1, -0.05) is 30.7 Å². The number of nitrogens with one attached hydrogen (secondary N) is 1. The van der Waals surface area contributed by atoms with Gasteiger partial charge in [-0.2, -0.15) is 18.2 Å². The molecule has 26 heavy (non-hydrogen) atoms. The fourth-order valence-corrected chi connectivity index (χ4v) is 3.60. The van der Waals surface area contributed by atoms with Gasteiger partial charge in [-0.3, -0.25) is 0 Å². The molecule has 0 radical (unpaired) electrons. The lowest BCUT2D eigenvalue weighted by Gasteiger charge is -2.22. The van der Waals surface area contributed by atoms with Crippen molar-refractivity contribution in [2.75, 3.05) is 13.7 Å². The normalized spacial score (nSPS) is 13.5. The number of halogens is 4. The van der Waals surface area contributed by atoms with Crippen molar-refractivity contribution in [2.24, 2.45) is 0 Å². The van der Waals surface area contributed by atoms with E-state index in [1.807, 2.05) is 0 Å². The Morgan fingerprint density at radius 1 is 1.27 bits per heavy atom. The van der Waals surface area contributed by atoms with E-state index in [0.29, 0.717) is 0 Å². The van der Waals surface area contributed by atoms with E-state index < -0.39 is 32.7 Å². The molecule has 1 aromatic carbocycles. The van der Waals surface area contributed by atoms with Crippen LogP contribution in [-0.2, 0) is 10.0 Å². The van der Waals surface area contributed by atoms with Gasteiger partial charge >= 0.3 is 12.2 Å². The van der Waals surface area contributed by atoms with Gasteiger partial charge in [0.15, 0.2) is 0 Å². The van der Waals surface area contributed by atoms with Crippen molar-refractivity contribution in [1.29, 1.82) is 0 Å². The van der Waals surface area contributed by atoms with Crippen molar-refractivity contribution in [3.8, 4) is 6.01 Å². The van der Waals surface area contributed by atoms with Gasteiger partial charge < -0.3 is 4.74 Å². The first kappa shape index (κ1) is 20.4. The zero-order valence-electron chi connectivity index (χ0n) is 13.7. The first-order valence-corrected chi connectivity index (χ1v) is 9.19. The second kappa shape index (κ2) is 7.77. The molecule has 1 atom stereocenters. The molecule has 11 heteroatoms. The number of alkyl halides is 3. The Morgan fingerprint density at radius 3 is 2.38 bits per heavy atom. The van der Waals surface area contributed by atoms with Crippen LogP contribution in [-0.4, -0.2) is 38.2 Å². The van der Waals surface area contributed by atoms with Crippen molar-refractivity contribution in [3.05, 3.63) is 46.7 Å².